The summed E-state index contributed by atoms with van der Waals surface area (Å²) in [6.45, 7) is 0. The molecule has 1 rings (SSSR count). The fourth-order valence-electron chi connectivity index (χ4n) is 0.863. The van der Waals surface area contributed by atoms with E-state index in [0.717, 1.165) is 12.1 Å². The van der Waals surface area contributed by atoms with Crippen LogP contribution in [0.5, 0.6) is 0 Å². The summed E-state index contributed by atoms with van der Waals surface area (Å²) < 4.78 is 61.0. The normalized spacial score (nSPS) is 16.6. The first-order chi connectivity index (χ1) is 6.40. The van der Waals surface area contributed by atoms with Crippen molar-refractivity contribution in [3.05, 3.63) is 29.8 Å². The van der Waals surface area contributed by atoms with Crippen molar-refractivity contribution in [2.24, 2.45) is 0 Å². The topological polar surface area (TPSA) is 23.9 Å². The van der Waals surface area contributed by atoms with Gasteiger partial charge in [-0.3, -0.25) is 0 Å². The molecule has 0 unspecified atom stereocenters. The summed E-state index contributed by atoms with van der Waals surface area (Å²) in [5, 5.41) is 7.04. The van der Waals surface area contributed by atoms with E-state index < -0.39 is 15.1 Å². The summed E-state index contributed by atoms with van der Waals surface area (Å²) in [6.07, 6.45) is 0. The number of hydrogen-bond acceptors (Lipinski definition) is 1. The van der Waals surface area contributed by atoms with Gasteiger partial charge in [-0.2, -0.15) is 0 Å². The molecule has 0 aliphatic rings. The van der Waals surface area contributed by atoms with Crippen molar-refractivity contribution in [2.45, 2.75) is 4.90 Å². The Balaban J connectivity index is 3.29. The Kier molecular flexibility index (Phi) is 2.29. The van der Waals surface area contributed by atoms with Crippen LogP contribution in [0.15, 0.2) is 29.2 Å². The molecule has 0 atom stereocenters. The first-order valence-electron chi connectivity index (χ1n) is 3.50. The Morgan fingerprint density at radius 2 is 1.40 bits per heavy atom. The molecule has 0 fully saturated rings. The Morgan fingerprint density at radius 1 is 1.00 bits per heavy atom. The fraction of sp³-hybridized carbons (Fsp3) is 0. The minimum atomic E-state index is -9.57. The number of halogens is 5. The van der Waals surface area contributed by atoms with Crippen LogP contribution >= 0.6 is 10.2 Å². The first-order valence-corrected chi connectivity index (χ1v) is 6.31. The molecule has 1 nitrogen and oxygen atoms in total. The van der Waals surface area contributed by atoms with Gasteiger partial charge in [-0.05, 0) is 0 Å². The van der Waals surface area contributed by atoms with Gasteiger partial charge in [-0.25, -0.2) is 0 Å². The van der Waals surface area contributed by atoms with Gasteiger partial charge in [-0.15, -0.1) is 0 Å². The predicted octanol–water partition coefficient (Wildman–Crippen LogP) is 3.84. The van der Waals surface area contributed by atoms with Crippen molar-refractivity contribution in [3.8, 4) is 0 Å². The molecule has 0 spiro atoms. The summed E-state index contributed by atoms with van der Waals surface area (Å²) in [5.41, 5.74) is 0.126. The van der Waals surface area contributed by atoms with Gasteiger partial charge < -0.3 is 0 Å². The van der Waals surface area contributed by atoms with Crippen molar-refractivity contribution in [1.29, 1.82) is 5.41 Å². The predicted molar refractivity (Wildman–Crippen MR) is 50.4 cm³/mol. The van der Waals surface area contributed by atoms with Crippen LogP contribution in [0.25, 0.3) is 0 Å². The third-order valence-electron chi connectivity index (χ3n) is 1.56. The van der Waals surface area contributed by atoms with Crippen molar-refractivity contribution in [3.63, 3.8) is 0 Å². The second kappa shape index (κ2) is 2.75. The molecule has 0 amide bonds. The van der Waals surface area contributed by atoms with Crippen LogP contribution < -0.4 is 0 Å². The maximum atomic E-state index is 12.2. The van der Waals surface area contributed by atoms with Gasteiger partial charge in [0.1, 0.15) is 0 Å². The molecule has 85 valence electrons. The van der Waals surface area contributed by atoms with Crippen LogP contribution in [-0.4, -0.2) is 20.6 Å². The summed E-state index contributed by atoms with van der Waals surface area (Å²) in [4.78, 5) is -1.94. The third-order valence-corrected chi connectivity index (χ3v) is 3.22. The van der Waals surface area contributed by atoms with E-state index in [0.29, 0.717) is 0 Å². The average molecular weight is 309 g/mol. The molecule has 0 aliphatic heterocycles. The van der Waals surface area contributed by atoms with E-state index in [1.165, 1.54) is 0 Å². The SMILES string of the molecule is N=C([Se])c1ccc(S(F)(F)(F)(F)F)cc1. The Hall–Kier alpha value is -0.591. The van der Waals surface area contributed by atoms with E-state index in [1.807, 2.05) is 0 Å². The number of nitrogens with one attached hydrogen (secondary N) is 1. The summed E-state index contributed by atoms with van der Waals surface area (Å²) >= 11 is 2.26. The van der Waals surface area contributed by atoms with Crippen LogP contribution in [0.2, 0.25) is 0 Å². The zero-order valence-corrected chi connectivity index (χ0v) is 9.55. The second-order valence-electron chi connectivity index (χ2n) is 2.82. The molecule has 8 heteroatoms. The molecule has 0 saturated heterocycles. The molecule has 1 radical (unpaired) electrons. The van der Waals surface area contributed by atoms with Gasteiger partial charge in [-0.1, -0.05) is 0 Å². The number of rotatable bonds is 2. The average Bonchev–Trinajstić information content (AvgIpc) is 2.00. The minimum absolute atomic E-state index is 0.108. The quantitative estimate of drug-likeness (QED) is 0.488. The van der Waals surface area contributed by atoms with Crippen LogP contribution in [0, 0.1) is 5.41 Å². The van der Waals surface area contributed by atoms with Crippen LogP contribution in [0.1, 0.15) is 5.56 Å². The standard InChI is InChI=1S/C7H5F5NSSe/c8-14(9,10,11,12)6-3-1-5(2-4-6)7(13)15/h1-4,13H. The van der Waals surface area contributed by atoms with E-state index in [9.17, 15) is 19.4 Å². The van der Waals surface area contributed by atoms with Crippen LogP contribution in [-0.2, 0) is 0 Å². The summed E-state index contributed by atoms with van der Waals surface area (Å²) in [7, 11) is -9.57. The molecule has 1 aromatic carbocycles. The van der Waals surface area contributed by atoms with Gasteiger partial charge >= 0.3 is 90.4 Å². The summed E-state index contributed by atoms with van der Waals surface area (Å²) in [6, 6.07) is 2.21. The molecular weight excluding hydrogens is 304 g/mol. The Labute approximate surface area is 90.7 Å². The van der Waals surface area contributed by atoms with Gasteiger partial charge in [0.2, 0.25) is 0 Å². The van der Waals surface area contributed by atoms with Gasteiger partial charge in [0.15, 0.2) is 0 Å². The van der Waals surface area contributed by atoms with E-state index in [4.69, 9.17) is 5.41 Å². The molecule has 15 heavy (non-hydrogen) atoms. The van der Waals surface area contributed by atoms with Gasteiger partial charge in [0, 0.05) is 0 Å². The summed E-state index contributed by atoms with van der Waals surface area (Å²) in [5.74, 6) is 0. The van der Waals surface area contributed by atoms with Crippen molar-refractivity contribution >= 4 is 30.8 Å². The van der Waals surface area contributed by atoms with Gasteiger partial charge in [0.05, 0.1) is 0 Å². The number of benzene rings is 1. The van der Waals surface area contributed by atoms with Crippen molar-refractivity contribution < 1.29 is 19.4 Å². The Bertz CT molecular complexity index is 408. The van der Waals surface area contributed by atoms with Crippen LogP contribution in [0.3, 0.4) is 0 Å². The monoisotopic (exact) mass is 310 g/mol. The molecular formula is C7H5F5NSSe. The first kappa shape index (κ1) is 12.5. The van der Waals surface area contributed by atoms with E-state index in [2.05, 4.69) is 16.0 Å². The molecule has 1 aromatic rings. The molecule has 0 bridgehead atoms. The molecule has 0 heterocycles. The van der Waals surface area contributed by atoms with Crippen molar-refractivity contribution in [1.82, 2.24) is 0 Å². The molecule has 0 aromatic heterocycles. The molecule has 1 N–H and O–H groups in total. The maximum absolute atomic E-state index is 12.2. The fourth-order valence-corrected chi connectivity index (χ4v) is 1.80. The van der Waals surface area contributed by atoms with Crippen LogP contribution in [0.4, 0.5) is 19.4 Å². The zero-order chi connectivity index (χ0) is 12.0. The molecule has 0 aliphatic carbocycles. The zero-order valence-electron chi connectivity index (χ0n) is 7.02. The molecule has 0 saturated carbocycles. The number of hydrogen-bond donors (Lipinski definition) is 1. The van der Waals surface area contributed by atoms with Gasteiger partial charge in [0.25, 0.3) is 0 Å². The second-order valence-corrected chi connectivity index (χ2v) is 6.09. The van der Waals surface area contributed by atoms with E-state index >= 15 is 0 Å². The van der Waals surface area contributed by atoms with E-state index in [1.54, 1.807) is 0 Å². The Morgan fingerprint density at radius 3 is 1.67 bits per heavy atom. The van der Waals surface area contributed by atoms with E-state index in [-0.39, 0.29) is 22.3 Å². The van der Waals surface area contributed by atoms with Crippen molar-refractivity contribution in [2.75, 3.05) is 0 Å². The third kappa shape index (κ3) is 3.19.